The maximum absolute atomic E-state index is 12.4. The molecule has 0 aromatic heterocycles. The Labute approximate surface area is 176 Å². The van der Waals surface area contributed by atoms with E-state index in [0.29, 0.717) is 22.8 Å². The number of hydrogen-bond acceptors (Lipinski definition) is 5. The number of rotatable bonds is 7. The summed E-state index contributed by atoms with van der Waals surface area (Å²) in [4.78, 5) is 24.4. The Morgan fingerprint density at radius 2 is 1.73 bits per heavy atom. The van der Waals surface area contributed by atoms with E-state index in [1.807, 2.05) is 32.0 Å². The Morgan fingerprint density at radius 1 is 0.967 bits per heavy atom. The van der Waals surface area contributed by atoms with Crippen molar-refractivity contribution in [1.29, 1.82) is 0 Å². The number of carbonyl (C=O) groups excluding carboxylic acids is 2. The van der Waals surface area contributed by atoms with Gasteiger partial charge in [-0.1, -0.05) is 12.1 Å². The molecule has 30 heavy (non-hydrogen) atoms. The summed E-state index contributed by atoms with van der Waals surface area (Å²) in [5.74, 6) is 0.823. The van der Waals surface area contributed by atoms with Crippen LogP contribution in [0.25, 0.3) is 0 Å². The fourth-order valence-corrected chi connectivity index (χ4v) is 3.33. The largest absolute Gasteiger partial charge is 0.493 e. The van der Waals surface area contributed by atoms with Gasteiger partial charge in [-0.2, -0.15) is 0 Å². The molecule has 1 fully saturated rings. The maximum Gasteiger partial charge on any atom is 0.276 e. The summed E-state index contributed by atoms with van der Waals surface area (Å²) in [5, 5.41) is 0. The molecule has 3 rings (SSSR count). The molecule has 7 nitrogen and oxygen atoms in total. The van der Waals surface area contributed by atoms with Crippen LogP contribution in [0.4, 0.5) is 0 Å². The lowest BCUT2D eigenvalue weighted by Crippen LogP contribution is -2.43. The van der Waals surface area contributed by atoms with Gasteiger partial charge in [0.25, 0.3) is 11.8 Å². The summed E-state index contributed by atoms with van der Waals surface area (Å²) in [6, 6.07) is 10.7. The van der Waals surface area contributed by atoms with Gasteiger partial charge < -0.3 is 14.2 Å². The van der Waals surface area contributed by atoms with Crippen LogP contribution in [0.1, 0.15) is 47.2 Å². The lowest BCUT2D eigenvalue weighted by Gasteiger charge is -2.16. The third-order valence-corrected chi connectivity index (χ3v) is 5.04. The van der Waals surface area contributed by atoms with E-state index in [0.717, 1.165) is 24.0 Å². The molecule has 1 aliphatic carbocycles. The van der Waals surface area contributed by atoms with Crippen molar-refractivity contribution >= 4 is 11.8 Å². The minimum absolute atomic E-state index is 0.190. The van der Waals surface area contributed by atoms with Crippen molar-refractivity contribution in [2.75, 3.05) is 13.7 Å². The Morgan fingerprint density at radius 3 is 2.47 bits per heavy atom. The van der Waals surface area contributed by atoms with E-state index in [1.54, 1.807) is 18.2 Å². The Bertz CT molecular complexity index is 906. The number of amides is 2. The normalized spacial score (nSPS) is 13.6. The molecule has 1 aliphatic rings. The van der Waals surface area contributed by atoms with Crippen molar-refractivity contribution in [1.82, 2.24) is 10.9 Å². The van der Waals surface area contributed by atoms with Gasteiger partial charge in [0.15, 0.2) is 18.1 Å². The summed E-state index contributed by atoms with van der Waals surface area (Å²) in [6.45, 7) is 3.65. The molecule has 2 N–H and O–H groups in total. The van der Waals surface area contributed by atoms with Gasteiger partial charge in [-0.3, -0.25) is 20.4 Å². The van der Waals surface area contributed by atoms with Gasteiger partial charge in [0.1, 0.15) is 5.75 Å². The first-order valence-corrected chi connectivity index (χ1v) is 10.1. The van der Waals surface area contributed by atoms with E-state index in [4.69, 9.17) is 14.2 Å². The van der Waals surface area contributed by atoms with Gasteiger partial charge in [-0.05, 0) is 74.9 Å². The van der Waals surface area contributed by atoms with Gasteiger partial charge >= 0.3 is 0 Å². The third kappa shape index (κ3) is 5.65. The van der Waals surface area contributed by atoms with E-state index in [1.165, 1.54) is 20.0 Å². The standard InChI is InChI=1S/C23H28N2O5/c1-15-8-9-16(2)20(12-15)29-14-22(26)24-25-23(27)17-10-11-19(21(13-17)28-3)30-18-6-4-5-7-18/h8-13,18H,4-7,14H2,1-3H3,(H,24,26)(H,25,27). The first-order chi connectivity index (χ1) is 14.5. The fourth-order valence-electron chi connectivity index (χ4n) is 3.33. The lowest BCUT2D eigenvalue weighted by molar-refractivity contribution is -0.123. The minimum atomic E-state index is -0.461. The van der Waals surface area contributed by atoms with E-state index in [-0.39, 0.29) is 12.7 Å². The summed E-state index contributed by atoms with van der Waals surface area (Å²) >= 11 is 0. The van der Waals surface area contributed by atoms with Crippen molar-refractivity contribution in [3.8, 4) is 17.2 Å². The Kier molecular flexibility index (Phi) is 7.17. The molecule has 0 spiro atoms. The van der Waals surface area contributed by atoms with E-state index in [2.05, 4.69) is 10.9 Å². The van der Waals surface area contributed by atoms with E-state index >= 15 is 0 Å². The van der Waals surface area contributed by atoms with Crippen LogP contribution in [0, 0.1) is 13.8 Å². The molecule has 0 heterocycles. The van der Waals surface area contributed by atoms with Crippen LogP contribution in [0.2, 0.25) is 0 Å². The smallest absolute Gasteiger partial charge is 0.276 e. The monoisotopic (exact) mass is 412 g/mol. The number of carbonyl (C=O) groups is 2. The lowest BCUT2D eigenvalue weighted by atomic mass is 10.1. The molecule has 0 radical (unpaired) electrons. The first kappa shape index (κ1) is 21.5. The van der Waals surface area contributed by atoms with Gasteiger partial charge in [0, 0.05) is 5.56 Å². The second-order valence-electron chi connectivity index (χ2n) is 7.45. The summed E-state index contributed by atoms with van der Waals surface area (Å²) < 4.78 is 16.9. The van der Waals surface area contributed by atoms with E-state index in [9.17, 15) is 9.59 Å². The minimum Gasteiger partial charge on any atom is -0.493 e. The maximum atomic E-state index is 12.4. The SMILES string of the molecule is COc1cc(C(=O)NNC(=O)COc2cc(C)ccc2C)ccc1OC1CCCC1. The number of methoxy groups -OCH3 is 1. The van der Waals surface area contributed by atoms with Gasteiger partial charge in [0.2, 0.25) is 0 Å². The molecule has 0 atom stereocenters. The molecule has 2 aromatic carbocycles. The first-order valence-electron chi connectivity index (χ1n) is 10.1. The number of aryl methyl sites for hydroxylation is 2. The zero-order valence-electron chi connectivity index (χ0n) is 17.6. The molecule has 0 aliphatic heterocycles. The van der Waals surface area contributed by atoms with Crippen molar-refractivity contribution in [2.45, 2.75) is 45.6 Å². The van der Waals surface area contributed by atoms with Crippen LogP contribution in [0.15, 0.2) is 36.4 Å². The molecule has 2 aromatic rings. The Hall–Kier alpha value is -3.22. The molecule has 0 unspecified atom stereocenters. The van der Waals surface area contributed by atoms with Crippen molar-refractivity contribution in [3.05, 3.63) is 53.1 Å². The average molecular weight is 412 g/mol. The molecule has 0 saturated heterocycles. The number of nitrogens with one attached hydrogen (secondary N) is 2. The fraction of sp³-hybridized carbons (Fsp3) is 0.391. The molecule has 160 valence electrons. The highest BCUT2D eigenvalue weighted by Gasteiger charge is 2.19. The zero-order chi connectivity index (χ0) is 21.5. The molecular weight excluding hydrogens is 384 g/mol. The molecular formula is C23H28N2O5. The summed E-state index contributed by atoms with van der Waals surface area (Å²) in [5.41, 5.74) is 7.07. The molecule has 1 saturated carbocycles. The Balaban J connectivity index is 1.52. The number of hydrogen-bond donors (Lipinski definition) is 2. The van der Waals surface area contributed by atoms with Crippen LogP contribution in [0.3, 0.4) is 0 Å². The highest BCUT2D eigenvalue weighted by atomic mass is 16.5. The van der Waals surface area contributed by atoms with Crippen LogP contribution in [0.5, 0.6) is 17.2 Å². The van der Waals surface area contributed by atoms with E-state index < -0.39 is 11.8 Å². The highest BCUT2D eigenvalue weighted by molar-refractivity contribution is 5.96. The van der Waals surface area contributed by atoms with Crippen LogP contribution in [-0.4, -0.2) is 31.6 Å². The van der Waals surface area contributed by atoms with Crippen LogP contribution < -0.4 is 25.1 Å². The molecule has 0 bridgehead atoms. The number of hydrazine groups is 1. The van der Waals surface area contributed by atoms with Crippen molar-refractivity contribution in [3.63, 3.8) is 0 Å². The summed E-state index contributed by atoms with van der Waals surface area (Å²) in [7, 11) is 1.53. The summed E-state index contributed by atoms with van der Waals surface area (Å²) in [6.07, 6.45) is 4.58. The predicted octanol–water partition coefficient (Wildman–Crippen LogP) is 3.47. The average Bonchev–Trinajstić information content (AvgIpc) is 3.26. The quantitative estimate of drug-likeness (QED) is 0.680. The topological polar surface area (TPSA) is 85.9 Å². The zero-order valence-corrected chi connectivity index (χ0v) is 17.6. The van der Waals surface area contributed by atoms with Crippen molar-refractivity contribution < 1.29 is 23.8 Å². The van der Waals surface area contributed by atoms with Gasteiger partial charge in [-0.15, -0.1) is 0 Å². The highest BCUT2D eigenvalue weighted by Crippen LogP contribution is 2.32. The third-order valence-electron chi connectivity index (χ3n) is 5.04. The van der Waals surface area contributed by atoms with Crippen LogP contribution in [-0.2, 0) is 4.79 Å². The molecule has 7 heteroatoms. The predicted molar refractivity (Wildman–Crippen MR) is 113 cm³/mol. The molecule has 2 amide bonds. The number of ether oxygens (including phenoxy) is 3. The van der Waals surface area contributed by atoms with Crippen LogP contribution >= 0.6 is 0 Å². The number of benzene rings is 2. The van der Waals surface area contributed by atoms with Gasteiger partial charge in [-0.25, -0.2) is 0 Å². The second kappa shape index (κ2) is 10.0. The second-order valence-corrected chi connectivity index (χ2v) is 7.45. The van der Waals surface area contributed by atoms with Crippen molar-refractivity contribution in [2.24, 2.45) is 0 Å². The van der Waals surface area contributed by atoms with Gasteiger partial charge in [0.05, 0.1) is 13.2 Å².